The fourth-order valence-electron chi connectivity index (χ4n) is 1.86. The molecule has 7 heteroatoms. The molecule has 0 aromatic carbocycles. The third-order valence-corrected chi connectivity index (χ3v) is 4.04. The van der Waals surface area contributed by atoms with Gasteiger partial charge in [0.15, 0.2) is 5.60 Å². The molecular formula is C13H23F3N2O2. The van der Waals surface area contributed by atoms with E-state index in [9.17, 15) is 23.1 Å². The van der Waals surface area contributed by atoms with E-state index in [0.29, 0.717) is 0 Å². The summed E-state index contributed by atoms with van der Waals surface area (Å²) in [5.41, 5.74) is -2.79. The smallest absolute Gasteiger partial charge is 0.380 e. The number of alkyl halides is 3. The third-order valence-electron chi connectivity index (χ3n) is 4.04. The van der Waals surface area contributed by atoms with Gasteiger partial charge in [0, 0.05) is 32.0 Å². The maximum Gasteiger partial charge on any atom is 0.417 e. The summed E-state index contributed by atoms with van der Waals surface area (Å²) in [7, 11) is 0. The lowest BCUT2D eigenvalue weighted by molar-refractivity contribution is -0.271. The Labute approximate surface area is 117 Å². The minimum absolute atomic E-state index is 0.0985. The van der Waals surface area contributed by atoms with E-state index in [1.54, 1.807) is 0 Å². The second kappa shape index (κ2) is 5.42. The van der Waals surface area contributed by atoms with Crippen LogP contribution in [-0.2, 0) is 0 Å². The zero-order valence-electron chi connectivity index (χ0n) is 12.3. The number of likely N-dealkylation sites (tertiary alicyclic amines) is 1. The summed E-state index contributed by atoms with van der Waals surface area (Å²) < 4.78 is 38.0. The minimum atomic E-state index is -4.64. The van der Waals surface area contributed by atoms with Gasteiger partial charge in [-0.1, -0.05) is 20.8 Å². The molecule has 20 heavy (non-hydrogen) atoms. The molecule has 2 amide bonds. The van der Waals surface area contributed by atoms with Crippen LogP contribution in [0, 0.1) is 5.41 Å². The van der Waals surface area contributed by atoms with Crippen LogP contribution < -0.4 is 5.32 Å². The Bertz CT molecular complexity index is 356. The molecule has 0 aromatic rings. The van der Waals surface area contributed by atoms with E-state index in [-0.39, 0.29) is 30.6 Å². The number of aliphatic hydroxyl groups is 1. The van der Waals surface area contributed by atoms with E-state index >= 15 is 0 Å². The van der Waals surface area contributed by atoms with Gasteiger partial charge in [0.05, 0.1) is 0 Å². The average molecular weight is 296 g/mol. The van der Waals surface area contributed by atoms with Crippen molar-refractivity contribution in [2.24, 2.45) is 5.41 Å². The molecule has 0 aromatic heterocycles. The lowest BCUT2D eigenvalue weighted by Crippen LogP contribution is -2.57. The SMILES string of the molecule is CC(NC(=O)N1CCC(O)(C(F)(F)F)CC1)C(C)(C)C. The van der Waals surface area contributed by atoms with Gasteiger partial charge in [-0.2, -0.15) is 13.2 Å². The molecule has 0 radical (unpaired) electrons. The lowest BCUT2D eigenvalue weighted by Gasteiger charge is -2.40. The second-order valence-corrected chi connectivity index (χ2v) is 6.55. The Morgan fingerprint density at radius 3 is 2.05 bits per heavy atom. The first-order valence-electron chi connectivity index (χ1n) is 6.71. The van der Waals surface area contributed by atoms with Crippen LogP contribution in [0.2, 0.25) is 0 Å². The highest BCUT2D eigenvalue weighted by Crippen LogP contribution is 2.38. The van der Waals surface area contributed by atoms with Crippen LogP contribution in [0.25, 0.3) is 0 Å². The fourth-order valence-corrected chi connectivity index (χ4v) is 1.86. The largest absolute Gasteiger partial charge is 0.417 e. The molecule has 1 saturated heterocycles. The highest BCUT2D eigenvalue weighted by molar-refractivity contribution is 5.74. The number of carbonyl (C=O) groups is 1. The van der Waals surface area contributed by atoms with Gasteiger partial charge in [0.1, 0.15) is 0 Å². The molecule has 118 valence electrons. The highest BCUT2D eigenvalue weighted by atomic mass is 19.4. The maximum atomic E-state index is 12.7. The Morgan fingerprint density at radius 2 is 1.70 bits per heavy atom. The zero-order valence-corrected chi connectivity index (χ0v) is 12.3. The normalized spacial score (nSPS) is 21.5. The van der Waals surface area contributed by atoms with Crippen LogP contribution in [0.15, 0.2) is 0 Å². The Morgan fingerprint density at radius 1 is 1.25 bits per heavy atom. The van der Waals surface area contributed by atoms with E-state index in [2.05, 4.69) is 5.32 Å². The summed E-state index contributed by atoms with van der Waals surface area (Å²) >= 11 is 0. The van der Waals surface area contributed by atoms with E-state index < -0.39 is 24.6 Å². The van der Waals surface area contributed by atoms with Crippen LogP contribution >= 0.6 is 0 Å². The van der Waals surface area contributed by atoms with Crippen molar-refractivity contribution >= 4 is 6.03 Å². The van der Waals surface area contributed by atoms with Crippen molar-refractivity contribution in [3.05, 3.63) is 0 Å². The first-order chi connectivity index (χ1) is 8.87. The minimum Gasteiger partial charge on any atom is -0.380 e. The van der Waals surface area contributed by atoms with Gasteiger partial charge in [0.2, 0.25) is 0 Å². The quantitative estimate of drug-likeness (QED) is 0.781. The van der Waals surface area contributed by atoms with Crippen molar-refractivity contribution in [1.82, 2.24) is 10.2 Å². The summed E-state index contributed by atoms with van der Waals surface area (Å²) in [5, 5.41) is 12.3. The molecule has 1 heterocycles. The van der Waals surface area contributed by atoms with Gasteiger partial charge in [-0.05, 0) is 12.3 Å². The summed E-state index contributed by atoms with van der Waals surface area (Å²) in [6.45, 7) is 7.56. The molecule has 0 spiro atoms. The first kappa shape index (κ1) is 17.1. The molecule has 1 unspecified atom stereocenters. The number of nitrogens with zero attached hydrogens (tertiary/aromatic N) is 1. The predicted molar refractivity (Wildman–Crippen MR) is 69.3 cm³/mol. The number of amides is 2. The Balaban J connectivity index is 2.56. The van der Waals surface area contributed by atoms with Crippen LogP contribution in [0.4, 0.5) is 18.0 Å². The fraction of sp³-hybridized carbons (Fsp3) is 0.923. The van der Waals surface area contributed by atoms with Gasteiger partial charge in [-0.3, -0.25) is 0 Å². The van der Waals surface area contributed by atoms with Gasteiger partial charge in [-0.25, -0.2) is 4.79 Å². The van der Waals surface area contributed by atoms with Gasteiger partial charge < -0.3 is 15.3 Å². The van der Waals surface area contributed by atoms with Crippen molar-refractivity contribution in [3.63, 3.8) is 0 Å². The monoisotopic (exact) mass is 296 g/mol. The molecule has 1 aliphatic rings. The van der Waals surface area contributed by atoms with Crippen LogP contribution in [0.5, 0.6) is 0 Å². The highest BCUT2D eigenvalue weighted by Gasteiger charge is 2.54. The number of urea groups is 1. The Kier molecular flexibility index (Phi) is 4.63. The van der Waals surface area contributed by atoms with Crippen molar-refractivity contribution < 1.29 is 23.1 Å². The van der Waals surface area contributed by atoms with Crippen LogP contribution in [0.3, 0.4) is 0 Å². The van der Waals surface area contributed by atoms with Gasteiger partial charge in [0.25, 0.3) is 0 Å². The van der Waals surface area contributed by atoms with E-state index in [4.69, 9.17) is 0 Å². The van der Waals surface area contributed by atoms with Crippen molar-refractivity contribution in [3.8, 4) is 0 Å². The number of piperidine rings is 1. The number of rotatable bonds is 1. The number of hydrogen-bond acceptors (Lipinski definition) is 2. The molecule has 1 rings (SSSR count). The summed E-state index contributed by atoms with van der Waals surface area (Å²) in [6.07, 6.45) is -5.60. The topological polar surface area (TPSA) is 52.6 Å². The lowest BCUT2D eigenvalue weighted by atomic mass is 9.88. The van der Waals surface area contributed by atoms with E-state index in [1.165, 1.54) is 4.90 Å². The molecule has 1 atom stereocenters. The first-order valence-corrected chi connectivity index (χ1v) is 6.71. The number of halogens is 3. The number of nitrogens with one attached hydrogen (secondary N) is 1. The second-order valence-electron chi connectivity index (χ2n) is 6.55. The summed E-state index contributed by atoms with van der Waals surface area (Å²) in [4.78, 5) is 13.3. The zero-order chi connectivity index (χ0) is 15.8. The molecule has 1 fully saturated rings. The Hall–Kier alpha value is -0.980. The van der Waals surface area contributed by atoms with Gasteiger partial charge >= 0.3 is 12.2 Å². The van der Waals surface area contributed by atoms with E-state index in [1.807, 2.05) is 27.7 Å². The predicted octanol–water partition coefficient (Wildman–Crippen LogP) is 2.52. The van der Waals surface area contributed by atoms with Gasteiger partial charge in [-0.15, -0.1) is 0 Å². The molecule has 0 saturated carbocycles. The molecule has 1 aliphatic heterocycles. The van der Waals surface area contributed by atoms with Crippen molar-refractivity contribution in [2.75, 3.05) is 13.1 Å². The number of carbonyl (C=O) groups excluding carboxylic acids is 1. The standard InChI is InChI=1S/C13H23F3N2O2/c1-9(11(2,3)4)17-10(19)18-7-5-12(20,6-8-18)13(14,15)16/h9,20H,5-8H2,1-4H3,(H,17,19). The van der Waals surface area contributed by atoms with E-state index in [0.717, 1.165) is 0 Å². The van der Waals surface area contributed by atoms with Crippen molar-refractivity contribution in [1.29, 1.82) is 0 Å². The van der Waals surface area contributed by atoms with Crippen LogP contribution in [0.1, 0.15) is 40.5 Å². The summed E-state index contributed by atoms with van der Waals surface area (Å²) in [6, 6.07) is -0.477. The molecule has 0 aliphatic carbocycles. The number of hydrogen-bond donors (Lipinski definition) is 2. The van der Waals surface area contributed by atoms with Crippen molar-refractivity contribution in [2.45, 2.75) is 58.4 Å². The molecular weight excluding hydrogens is 273 g/mol. The summed E-state index contributed by atoms with van der Waals surface area (Å²) in [5.74, 6) is 0. The van der Waals surface area contributed by atoms with Crippen LogP contribution in [-0.4, -0.2) is 46.9 Å². The molecule has 2 N–H and O–H groups in total. The average Bonchev–Trinajstić information content (AvgIpc) is 2.26. The maximum absolute atomic E-state index is 12.7. The molecule has 4 nitrogen and oxygen atoms in total. The molecule has 0 bridgehead atoms. The third kappa shape index (κ3) is 3.77.